The minimum atomic E-state index is -4.94. The van der Waals surface area contributed by atoms with E-state index in [9.17, 15) is 22.4 Å². The summed E-state index contributed by atoms with van der Waals surface area (Å²) in [6.45, 7) is 0. The Hall–Kier alpha value is -1.31. The van der Waals surface area contributed by atoms with Gasteiger partial charge in [0.2, 0.25) is 0 Å². The second-order valence-corrected chi connectivity index (χ2v) is 1.56. The molecular formula is C4H2F4O4. The van der Waals surface area contributed by atoms with E-state index in [2.05, 4.69) is 4.89 Å². The van der Waals surface area contributed by atoms with Crippen molar-refractivity contribution in [2.75, 3.05) is 0 Å². The van der Waals surface area contributed by atoms with Crippen molar-refractivity contribution in [1.82, 2.24) is 0 Å². The highest BCUT2D eigenvalue weighted by Crippen LogP contribution is 2.28. The van der Waals surface area contributed by atoms with Gasteiger partial charge in [0.05, 0.1) is 0 Å². The monoisotopic (exact) mass is 190 g/mol. The smallest absolute Gasteiger partial charge is 0.407 e. The fourth-order valence-electron chi connectivity index (χ4n) is 0.308. The minimum absolute atomic E-state index is 2.54. The van der Waals surface area contributed by atoms with Crippen LogP contribution in [0.15, 0.2) is 11.8 Å². The first kappa shape index (κ1) is 10.7. The summed E-state index contributed by atoms with van der Waals surface area (Å²) in [4.78, 5) is 12.2. The number of carboxylic acids is 1. The third kappa shape index (κ3) is 1.84. The number of halogens is 4. The zero-order valence-electron chi connectivity index (χ0n) is 5.22. The molecule has 4 nitrogen and oxygen atoms in total. The molecule has 0 aliphatic carbocycles. The van der Waals surface area contributed by atoms with Crippen molar-refractivity contribution in [3.8, 4) is 0 Å². The Morgan fingerprint density at radius 1 is 1.33 bits per heavy atom. The molecule has 12 heavy (non-hydrogen) atoms. The van der Waals surface area contributed by atoms with E-state index >= 15 is 0 Å². The topological polar surface area (TPSA) is 66.8 Å². The highest BCUT2D eigenvalue weighted by Gasteiger charge is 2.49. The fraction of sp³-hybridized carbons (Fsp3) is 0.250. The maximum Gasteiger partial charge on any atom is 0.407 e. The van der Waals surface area contributed by atoms with Gasteiger partial charge >= 0.3 is 18.0 Å². The average molecular weight is 190 g/mol. The van der Waals surface area contributed by atoms with Crippen LogP contribution in [0.1, 0.15) is 0 Å². The second kappa shape index (κ2) is 3.39. The summed E-state index contributed by atoms with van der Waals surface area (Å²) >= 11 is 0. The van der Waals surface area contributed by atoms with Gasteiger partial charge in [-0.3, -0.25) is 0 Å². The quantitative estimate of drug-likeness (QED) is 0.304. The van der Waals surface area contributed by atoms with Crippen LogP contribution in [0.2, 0.25) is 0 Å². The summed E-state index contributed by atoms with van der Waals surface area (Å²) < 4.78 is 46.9. The Morgan fingerprint density at radius 3 is 1.83 bits per heavy atom. The number of rotatable bonds is 3. The van der Waals surface area contributed by atoms with E-state index in [-0.39, 0.29) is 0 Å². The summed E-state index contributed by atoms with van der Waals surface area (Å²) in [5.41, 5.74) is 0. The van der Waals surface area contributed by atoms with Crippen molar-refractivity contribution in [2.24, 2.45) is 0 Å². The number of carbonyl (C=O) groups is 1. The minimum Gasteiger partial charge on any atom is -0.476 e. The van der Waals surface area contributed by atoms with Crippen LogP contribution in [-0.4, -0.2) is 22.3 Å². The average Bonchev–Trinajstić information content (AvgIpc) is 1.86. The van der Waals surface area contributed by atoms with Gasteiger partial charge < -0.3 is 9.99 Å². The van der Waals surface area contributed by atoms with Crippen LogP contribution in [0.25, 0.3) is 0 Å². The number of aliphatic carboxylic acids is 1. The second-order valence-electron chi connectivity index (χ2n) is 1.56. The first-order chi connectivity index (χ1) is 5.34. The lowest BCUT2D eigenvalue weighted by atomic mass is 10.3. The molecule has 0 aromatic rings. The van der Waals surface area contributed by atoms with E-state index in [4.69, 9.17) is 10.4 Å². The Bertz CT molecular complexity index is 219. The highest BCUT2D eigenvalue weighted by atomic mass is 19.3. The third-order valence-corrected chi connectivity index (χ3v) is 0.817. The molecular weight excluding hydrogens is 188 g/mol. The van der Waals surface area contributed by atoms with Gasteiger partial charge in [0, 0.05) is 0 Å². The standard InChI is InChI=1S/C4H2F4O4/c5-2(6)1(12-11)4(7,8)3(9)10/h11H,(H,9,10). The zero-order valence-corrected chi connectivity index (χ0v) is 5.22. The van der Waals surface area contributed by atoms with Gasteiger partial charge in [-0.05, 0) is 0 Å². The van der Waals surface area contributed by atoms with Crippen LogP contribution >= 0.6 is 0 Å². The lowest BCUT2D eigenvalue weighted by molar-refractivity contribution is -0.241. The third-order valence-electron chi connectivity index (χ3n) is 0.817. The predicted molar refractivity (Wildman–Crippen MR) is 25.5 cm³/mol. The summed E-state index contributed by atoms with van der Waals surface area (Å²) in [5.74, 6) is -10.4. The van der Waals surface area contributed by atoms with Crippen molar-refractivity contribution in [1.29, 1.82) is 0 Å². The van der Waals surface area contributed by atoms with Gasteiger partial charge in [-0.25, -0.2) is 10.1 Å². The molecule has 8 heteroatoms. The van der Waals surface area contributed by atoms with Crippen LogP contribution < -0.4 is 0 Å². The SMILES string of the molecule is O=C(O)C(F)(F)C(OO)=C(F)F. The molecule has 0 fully saturated rings. The molecule has 0 amide bonds. The van der Waals surface area contributed by atoms with Crippen molar-refractivity contribution < 1.29 is 37.6 Å². The van der Waals surface area contributed by atoms with E-state index < -0.39 is 23.7 Å². The van der Waals surface area contributed by atoms with Crippen molar-refractivity contribution in [3.05, 3.63) is 11.8 Å². The van der Waals surface area contributed by atoms with Gasteiger partial charge in [0.25, 0.3) is 5.76 Å². The largest absolute Gasteiger partial charge is 0.476 e. The molecule has 2 N–H and O–H groups in total. The van der Waals surface area contributed by atoms with Crippen LogP contribution in [0.3, 0.4) is 0 Å². The Kier molecular flexibility index (Phi) is 3.02. The van der Waals surface area contributed by atoms with Gasteiger partial charge in [-0.1, -0.05) is 0 Å². The zero-order chi connectivity index (χ0) is 9.94. The van der Waals surface area contributed by atoms with Crippen LogP contribution in [0.4, 0.5) is 17.6 Å². The van der Waals surface area contributed by atoms with Crippen LogP contribution in [0, 0.1) is 0 Å². The van der Waals surface area contributed by atoms with Gasteiger partial charge in [0.15, 0.2) is 0 Å². The molecule has 0 rings (SSSR count). The lowest BCUT2D eigenvalue weighted by Crippen LogP contribution is -2.32. The van der Waals surface area contributed by atoms with Crippen LogP contribution in [0.5, 0.6) is 0 Å². The molecule has 0 heterocycles. The van der Waals surface area contributed by atoms with Crippen molar-refractivity contribution in [2.45, 2.75) is 5.92 Å². The molecule has 0 radical (unpaired) electrons. The maximum absolute atomic E-state index is 12.0. The number of alkyl halides is 2. The predicted octanol–water partition coefficient (Wildman–Crippen LogP) is 1.30. The molecule has 0 aliphatic rings. The molecule has 0 atom stereocenters. The van der Waals surface area contributed by atoms with Crippen molar-refractivity contribution in [3.63, 3.8) is 0 Å². The summed E-state index contributed by atoms with van der Waals surface area (Å²) in [6, 6.07) is 0. The summed E-state index contributed by atoms with van der Waals surface area (Å²) in [6.07, 6.45) is -3.11. The Labute approximate surface area is 62.6 Å². The van der Waals surface area contributed by atoms with E-state index in [0.29, 0.717) is 0 Å². The van der Waals surface area contributed by atoms with Crippen LogP contribution in [-0.2, 0) is 9.68 Å². The number of hydrogen-bond donors (Lipinski definition) is 2. The normalized spacial score (nSPS) is 10.8. The molecule has 0 aromatic heterocycles. The summed E-state index contributed by atoms with van der Waals surface area (Å²) in [5, 5.41) is 15.2. The first-order valence-electron chi connectivity index (χ1n) is 2.32. The van der Waals surface area contributed by atoms with E-state index in [0.717, 1.165) is 0 Å². The van der Waals surface area contributed by atoms with E-state index in [1.54, 1.807) is 0 Å². The molecule has 0 saturated carbocycles. The molecule has 0 unspecified atom stereocenters. The maximum atomic E-state index is 12.0. The number of carboxylic acid groups (broad SMARTS) is 1. The van der Waals surface area contributed by atoms with Gasteiger partial charge in [-0.15, -0.1) is 0 Å². The molecule has 0 spiro atoms. The molecule has 0 bridgehead atoms. The lowest BCUT2D eigenvalue weighted by Gasteiger charge is -2.09. The Morgan fingerprint density at radius 2 is 1.75 bits per heavy atom. The molecule has 0 saturated heterocycles. The van der Waals surface area contributed by atoms with E-state index in [1.165, 1.54) is 0 Å². The number of hydrogen-bond acceptors (Lipinski definition) is 3. The summed E-state index contributed by atoms with van der Waals surface area (Å²) in [7, 11) is 0. The highest BCUT2D eigenvalue weighted by molar-refractivity contribution is 5.78. The molecule has 70 valence electrons. The van der Waals surface area contributed by atoms with Gasteiger partial charge in [0.1, 0.15) is 0 Å². The molecule has 0 aromatic carbocycles. The van der Waals surface area contributed by atoms with Crippen molar-refractivity contribution >= 4 is 5.97 Å². The fourth-order valence-corrected chi connectivity index (χ4v) is 0.308. The van der Waals surface area contributed by atoms with Gasteiger partial charge in [-0.2, -0.15) is 17.6 Å². The van der Waals surface area contributed by atoms with E-state index in [1.807, 2.05) is 0 Å². The molecule has 0 aliphatic heterocycles. The first-order valence-corrected chi connectivity index (χ1v) is 2.32. The Balaban J connectivity index is 5.00.